The zero-order chi connectivity index (χ0) is 17.0. The average molecular weight is 338 g/mol. The lowest BCUT2D eigenvalue weighted by atomic mass is 10.0. The number of hydrogen-bond donors (Lipinski definition) is 2. The van der Waals surface area contributed by atoms with Crippen molar-refractivity contribution in [2.75, 3.05) is 4.72 Å². The molecule has 0 saturated carbocycles. The molecule has 2 rings (SSSR count). The fourth-order valence-electron chi connectivity index (χ4n) is 2.26. The van der Waals surface area contributed by atoms with Gasteiger partial charge in [0.25, 0.3) is 15.7 Å². The Bertz CT molecular complexity index is 801. The molecule has 1 aromatic carbocycles. The minimum Gasteiger partial charge on any atom is -0.280 e. The molecule has 0 aliphatic carbocycles. The molecule has 1 aromatic heterocycles. The van der Waals surface area contributed by atoms with Crippen molar-refractivity contribution in [1.82, 2.24) is 10.2 Å². The monoisotopic (exact) mass is 338 g/mol. The van der Waals surface area contributed by atoms with Gasteiger partial charge in [0, 0.05) is 17.8 Å². The second-order valence-electron chi connectivity index (χ2n) is 5.23. The number of H-pyrrole nitrogens is 1. The maximum Gasteiger partial charge on any atom is 0.289 e. The summed E-state index contributed by atoms with van der Waals surface area (Å²) in [6.45, 7) is 4.07. The van der Waals surface area contributed by atoms with Gasteiger partial charge >= 0.3 is 0 Å². The van der Waals surface area contributed by atoms with E-state index in [0.717, 1.165) is 24.6 Å². The molecular formula is C14H18N4O4S. The normalized spacial score (nSPS) is 12.8. The number of aromatic nitrogens is 2. The van der Waals surface area contributed by atoms with Crippen LogP contribution in [0.4, 0.5) is 11.5 Å². The van der Waals surface area contributed by atoms with Crippen LogP contribution in [0.1, 0.15) is 38.3 Å². The summed E-state index contributed by atoms with van der Waals surface area (Å²) in [4.78, 5) is 9.86. The predicted octanol–water partition coefficient (Wildman–Crippen LogP) is 3.02. The van der Waals surface area contributed by atoms with E-state index >= 15 is 0 Å². The quantitative estimate of drug-likeness (QED) is 0.594. The molecule has 23 heavy (non-hydrogen) atoms. The molecule has 1 unspecified atom stereocenters. The van der Waals surface area contributed by atoms with Gasteiger partial charge in [-0.1, -0.05) is 32.4 Å². The number of hydrogen-bond acceptors (Lipinski definition) is 5. The maximum atomic E-state index is 12.4. The van der Waals surface area contributed by atoms with Crippen molar-refractivity contribution < 1.29 is 13.3 Å². The number of nitrogens with zero attached hydrogens (tertiary/aromatic N) is 2. The molecule has 2 N–H and O–H groups in total. The summed E-state index contributed by atoms with van der Waals surface area (Å²) in [5, 5.41) is 17.7. The Morgan fingerprint density at radius 3 is 2.74 bits per heavy atom. The topological polar surface area (TPSA) is 118 Å². The summed E-state index contributed by atoms with van der Waals surface area (Å²) in [5.41, 5.74) is 0.335. The van der Waals surface area contributed by atoms with Crippen LogP contribution in [0.2, 0.25) is 0 Å². The van der Waals surface area contributed by atoms with Crippen LogP contribution in [-0.2, 0) is 10.0 Å². The molecule has 0 saturated heterocycles. The summed E-state index contributed by atoms with van der Waals surface area (Å²) in [5.74, 6) is 0.331. The van der Waals surface area contributed by atoms with Crippen molar-refractivity contribution in [2.45, 2.75) is 37.5 Å². The zero-order valence-electron chi connectivity index (χ0n) is 12.8. The van der Waals surface area contributed by atoms with E-state index in [4.69, 9.17) is 0 Å². The third-order valence-corrected chi connectivity index (χ3v) is 4.84. The van der Waals surface area contributed by atoms with Crippen LogP contribution in [0.3, 0.4) is 0 Å². The van der Waals surface area contributed by atoms with E-state index in [0.29, 0.717) is 0 Å². The third kappa shape index (κ3) is 3.86. The van der Waals surface area contributed by atoms with Crippen LogP contribution in [-0.4, -0.2) is 23.5 Å². The van der Waals surface area contributed by atoms with Gasteiger partial charge in [-0.05, 0) is 18.4 Å². The maximum absolute atomic E-state index is 12.4. The van der Waals surface area contributed by atoms with E-state index < -0.39 is 25.5 Å². The van der Waals surface area contributed by atoms with Crippen molar-refractivity contribution in [1.29, 1.82) is 0 Å². The van der Waals surface area contributed by atoms with Gasteiger partial charge in [-0.3, -0.25) is 19.9 Å². The van der Waals surface area contributed by atoms with Gasteiger partial charge < -0.3 is 0 Å². The zero-order valence-corrected chi connectivity index (χ0v) is 13.6. The third-order valence-electron chi connectivity index (χ3n) is 3.44. The highest BCUT2D eigenvalue weighted by molar-refractivity contribution is 7.92. The number of rotatable bonds is 7. The van der Waals surface area contributed by atoms with Crippen LogP contribution in [0.25, 0.3) is 0 Å². The van der Waals surface area contributed by atoms with E-state index in [1.54, 1.807) is 6.07 Å². The first-order valence-corrected chi connectivity index (χ1v) is 8.65. The van der Waals surface area contributed by atoms with E-state index in [1.807, 2.05) is 6.92 Å². The number of nitro benzene ring substituents is 1. The highest BCUT2D eigenvalue weighted by atomic mass is 32.2. The van der Waals surface area contributed by atoms with E-state index in [9.17, 15) is 18.5 Å². The molecule has 0 spiro atoms. The molecule has 0 amide bonds. The molecule has 0 radical (unpaired) electrons. The van der Waals surface area contributed by atoms with Crippen LogP contribution >= 0.6 is 0 Å². The van der Waals surface area contributed by atoms with E-state index in [2.05, 4.69) is 21.8 Å². The van der Waals surface area contributed by atoms with Gasteiger partial charge in [-0.15, -0.1) is 0 Å². The number of nitro groups is 1. The van der Waals surface area contributed by atoms with Gasteiger partial charge in [0.05, 0.1) is 4.92 Å². The first-order valence-electron chi connectivity index (χ1n) is 7.16. The number of anilines is 1. The predicted molar refractivity (Wildman–Crippen MR) is 85.8 cm³/mol. The van der Waals surface area contributed by atoms with Crippen molar-refractivity contribution in [3.63, 3.8) is 0 Å². The van der Waals surface area contributed by atoms with Crippen molar-refractivity contribution >= 4 is 21.5 Å². The van der Waals surface area contributed by atoms with E-state index in [1.165, 1.54) is 18.2 Å². The second-order valence-corrected chi connectivity index (χ2v) is 6.88. The summed E-state index contributed by atoms with van der Waals surface area (Å²) in [6.07, 6.45) is 1.94. The van der Waals surface area contributed by atoms with Crippen molar-refractivity contribution in [2.24, 2.45) is 0 Å². The number of aromatic amines is 1. The smallest absolute Gasteiger partial charge is 0.280 e. The molecule has 1 atom stereocenters. The lowest BCUT2D eigenvalue weighted by Gasteiger charge is -2.06. The van der Waals surface area contributed by atoms with E-state index in [-0.39, 0.29) is 11.7 Å². The summed E-state index contributed by atoms with van der Waals surface area (Å²) in [7, 11) is -4.09. The summed E-state index contributed by atoms with van der Waals surface area (Å²) < 4.78 is 27.0. The Labute approximate surface area is 134 Å². The van der Waals surface area contributed by atoms with Crippen LogP contribution in [0.15, 0.2) is 35.2 Å². The standard InChI is InChI=1S/C14H18N4O4S/c1-3-6-10(2)11-9-14(16-15-11)17-23(21,22)13-8-5-4-7-12(13)18(19)20/h4-5,7-10H,3,6H2,1-2H3,(H2,15,16,17). The Morgan fingerprint density at radius 1 is 1.39 bits per heavy atom. The molecule has 8 nitrogen and oxygen atoms in total. The Kier molecular flexibility index (Phi) is 4.99. The van der Waals surface area contributed by atoms with Crippen molar-refractivity contribution in [3.8, 4) is 0 Å². The largest absolute Gasteiger partial charge is 0.289 e. The van der Waals surface area contributed by atoms with Gasteiger partial charge in [0.15, 0.2) is 10.7 Å². The van der Waals surface area contributed by atoms with Gasteiger partial charge in [-0.2, -0.15) is 5.10 Å². The number of sulfonamides is 1. The first kappa shape index (κ1) is 16.9. The fourth-order valence-corrected chi connectivity index (χ4v) is 3.42. The van der Waals surface area contributed by atoms with Crippen LogP contribution in [0.5, 0.6) is 0 Å². The lowest BCUT2D eigenvalue weighted by Crippen LogP contribution is -2.14. The number of benzene rings is 1. The Hall–Kier alpha value is -2.42. The average Bonchev–Trinajstić information content (AvgIpc) is 2.95. The minimum atomic E-state index is -4.09. The molecular weight excluding hydrogens is 320 g/mol. The molecule has 0 aliphatic heterocycles. The molecule has 1 heterocycles. The SMILES string of the molecule is CCCC(C)c1cc(NS(=O)(=O)c2ccccc2[N+](=O)[O-])n[nH]1. The molecule has 0 bridgehead atoms. The Morgan fingerprint density at radius 2 is 2.09 bits per heavy atom. The first-order chi connectivity index (χ1) is 10.8. The Balaban J connectivity index is 2.28. The minimum absolute atomic E-state index is 0.112. The van der Waals surface area contributed by atoms with Crippen LogP contribution in [0, 0.1) is 10.1 Å². The molecule has 2 aromatic rings. The molecule has 0 fully saturated rings. The lowest BCUT2D eigenvalue weighted by molar-refractivity contribution is -0.387. The number of nitrogens with one attached hydrogen (secondary N) is 2. The molecule has 9 heteroatoms. The van der Waals surface area contributed by atoms with Crippen molar-refractivity contribution in [3.05, 3.63) is 46.1 Å². The van der Waals surface area contributed by atoms with Gasteiger partial charge in [0.2, 0.25) is 0 Å². The second kappa shape index (κ2) is 6.78. The fraction of sp³-hybridized carbons (Fsp3) is 0.357. The molecule has 0 aliphatic rings. The van der Waals surface area contributed by atoms with Gasteiger partial charge in [0.1, 0.15) is 0 Å². The number of para-hydroxylation sites is 1. The highest BCUT2D eigenvalue weighted by Gasteiger charge is 2.26. The summed E-state index contributed by atoms with van der Waals surface area (Å²) in [6, 6.07) is 6.78. The summed E-state index contributed by atoms with van der Waals surface area (Å²) >= 11 is 0. The van der Waals surface area contributed by atoms with Gasteiger partial charge in [-0.25, -0.2) is 8.42 Å². The van der Waals surface area contributed by atoms with Crippen LogP contribution < -0.4 is 4.72 Å². The molecule has 124 valence electrons. The highest BCUT2D eigenvalue weighted by Crippen LogP contribution is 2.26.